The molecule has 2 amide bonds. The predicted molar refractivity (Wildman–Crippen MR) is 114 cm³/mol. The SMILES string of the molecule is CCN(CC(=O)N1CCN(CC(=O)NC(C)(C)C)CC1)Cc1ccc(Br)s1. The minimum atomic E-state index is -0.212. The first-order chi connectivity index (χ1) is 12.7. The molecule has 0 aliphatic carbocycles. The van der Waals surface area contributed by atoms with E-state index in [-0.39, 0.29) is 17.4 Å². The average Bonchev–Trinajstić information content (AvgIpc) is 2.98. The summed E-state index contributed by atoms with van der Waals surface area (Å²) < 4.78 is 1.12. The van der Waals surface area contributed by atoms with Crippen molar-refractivity contribution in [1.29, 1.82) is 0 Å². The van der Waals surface area contributed by atoms with Gasteiger partial charge < -0.3 is 10.2 Å². The Morgan fingerprint density at radius 2 is 1.89 bits per heavy atom. The van der Waals surface area contributed by atoms with E-state index in [1.165, 1.54) is 4.88 Å². The summed E-state index contributed by atoms with van der Waals surface area (Å²) in [5.74, 6) is 0.216. The zero-order valence-corrected chi connectivity index (χ0v) is 19.2. The Balaban J connectivity index is 1.75. The maximum absolute atomic E-state index is 12.7. The Hall–Kier alpha value is -0.960. The van der Waals surface area contributed by atoms with Gasteiger partial charge in [0.05, 0.1) is 16.9 Å². The second-order valence-electron chi connectivity index (χ2n) is 7.96. The van der Waals surface area contributed by atoms with Crippen LogP contribution in [0.25, 0.3) is 0 Å². The summed E-state index contributed by atoms with van der Waals surface area (Å²) >= 11 is 5.20. The van der Waals surface area contributed by atoms with Gasteiger partial charge in [-0.25, -0.2) is 0 Å². The number of carbonyl (C=O) groups is 2. The molecule has 0 bridgehead atoms. The van der Waals surface area contributed by atoms with Gasteiger partial charge in [-0.15, -0.1) is 11.3 Å². The molecule has 0 atom stereocenters. The van der Waals surface area contributed by atoms with Gasteiger partial charge in [0.1, 0.15) is 0 Å². The molecular formula is C19H31BrN4O2S. The smallest absolute Gasteiger partial charge is 0.236 e. The number of halogens is 1. The number of carbonyl (C=O) groups excluding carboxylic acids is 2. The molecule has 1 fully saturated rings. The van der Waals surface area contributed by atoms with Crippen molar-refractivity contribution >= 4 is 39.1 Å². The quantitative estimate of drug-likeness (QED) is 0.681. The predicted octanol–water partition coefficient (Wildman–Crippen LogP) is 2.39. The third-order valence-electron chi connectivity index (χ3n) is 4.42. The van der Waals surface area contributed by atoms with E-state index < -0.39 is 0 Å². The molecule has 27 heavy (non-hydrogen) atoms. The van der Waals surface area contributed by atoms with E-state index in [1.807, 2.05) is 31.7 Å². The van der Waals surface area contributed by atoms with Crippen molar-refractivity contribution in [2.45, 2.75) is 39.8 Å². The molecule has 0 unspecified atom stereocenters. The van der Waals surface area contributed by atoms with Crippen LogP contribution >= 0.6 is 27.3 Å². The molecule has 152 valence electrons. The lowest BCUT2D eigenvalue weighted by atomic mass is 10.1. The van der Waals surface area contributed by atoms with Gasteiger partial charge in [0.25, 0.3) is 0 Å². The summed E-state index contributed by atoms with van der Waals surface area (Å²) in [4.78, 5) is 32.2. The highest BCUT2D eigenvalue weighted by Crippen LogP contribution is 2.23. The highest BCUT2D eigenvalue weighted by molar-refractivity contribution is 9.11. The van der Waals surface area contributed by atoms with Crippen LogP contribution in [0.1, 0.15) is 32.6 Å². The molecule has 0 radical (unpaired) electrons. The summed E-state index contributed by atoms with van der Waals surface area (Å²) in [6.45, 7) is 13.4. The molecule has 0 spiro atoms. The second-order valence-corrected chi connectivity index (χ2v) is 10.5. The molecule has 1 aromatic rings. The van der Waals surface area contributed by atoms with Crippen LogP contribution in [0.5, 0.6) is 0 Å². The summed E-state index contributed by atoms with van der Waals surface area (Å²) in [6, 6.07) is 4.15. The van der Waals surface area contributed by atoms with E-state index in [9.17, 15) is 9.59 Å². The minimum absolute atomic E-state index is 0.0431. The normalized spacial score (nSPS) is 16.0. The molecule has 1 aliphatic heterocycles. The summed E-state index contributed by atoms with van der Waals surface area (Å²) in [5, 5.41) is 2.99. The monoisotopic (exact) mass is 458 g/mol. The highest BCUT2D eigenvalue weighted by atomic mass is 79.9. The molecule has 0 aromatic carbocycles. The number of likely N-dealkylation sites (N-methyl/N-ethyl adjacent to an activating group) is 1. The molecule has 1 saturated heterocycles. The Morgan fingerprint density at radius 1 is 1.22 bits per heavy atom. The van der Waals surface area contributed by atoms with Gasteiger partial charge in [-0.05, 0) is 55.4 Å². The summed E-state index contributed by atoms with van der Waals surface area (Å²) in [7, 11) is 0. The molecule has 6 nitrogen and oxygen atoms in total. The Bertz CT molecular complexity index is 636. The third-order valence-corrected chi connectivity index (χ3v) is 6.03. The van der Waals surface area contributed by atoms with Gasteiger partial charge in [0.15, 0.2) is 0 Å². The summed E-state index contributed by atoms with van der Waals surface area (Å²) in [5.41, 5.74) is -0.212. The standard InChI is InChI=1S/C19H31BrN4O2S/c1-5-22(12-15-6-7-16(20)27-15)14-18(26)24-10-8-23(9-11-24)13-17(25)21-19(2,3)4/h6-7H,5,8-14H2,1-4H3,(H,21,25). The number of amides is 2. The van der Waals surface area contributed by atoms with E-state index in [0.717, 1.165) is 30.0 Å². The number of hydrogen-bond acceptors (Lipinski definition) is 5. The first-order valence-electron chi connectivity index (χ1n) is 9.44. The maximum atomic E-state index is 12.7. The zero-order valence-electron chi connectivity index (χ0n) is 16.8. The Kier molecular flexibility index (Phi) is 8.27. The van der Waals surface area contributed by atoms with Crippen LogP contribution in [0.4, 0.5) is 0 Å². The maximum Gasteiger partial charge on any atom is 0.236 e. The van der Waals surface area contributed by atoms with Crippen LogP contribution in [0.15, 0.2) is 15.9 Å². The van der Waals surface area contributed by atoms with E-state index in [1.54, 1.807) is 11.3 Å². The third kappa shape index (κ3) is 7.89. The fourth-order valence-electron chi connectivity index (χ4n) is 3.04. The van der Waals surface area contributed by atoms with Crippen LogP contribution in [-0.2, 0) is 16.1 Å². The molecule has 1 aliphatic rings. The van der Waals surface area contributed by atoms with E-state index in [4.69, 9.17) is 0 Å². The number of hydrogen-bond donors (Lipinski definition) is 1. The lowest BCUT2D eigenvalue weighted by Gasteiger charge is -2.35. The molecule has 2 heterocycles. The minimum Gasteiger partial charge on any atom is -0.350 e. The van der Waals surface area contributed by atoms with Gasteiger partial charge in [0, 0.05) is 43.1 Å². The molecule has 1 N–H and O–H groups in total. The lowest BCUT2D eigenvalue weighted by Crippen LogP contribution is -2.54. The number of nitrogens with one attached hydrogen (secondary N) is 1. The van der Waals surface area contributed by atoms with Gasteiger partial charge in [-0.1, -0.05) is 6.92 Å². The van der Waals surface area contributed by atoms with Gasteiger partial charge in [0.2, 0.25) is 11.8 Å². The van der Waals surface area contributed by atoms with E-state index in [0.29, 0.717) is 26.2 Å². The van der Waals surface area contributed by atoms with Crippen molar-refractivity contribution in [3.05, 3.63) is 20.8 Å². The van der Waals surface area contributed by atoms with Crippen molar-refractivity contribution in [1.82, 2.24) is 20.0 Å². The second kappa shape index (κ2) is 10.0. The average molecular weight is 459 g/mol. The van der Waals surface area contributed by atoms with Crippen molar-refractivity contribution < 1.29 is 9.59 Å². The molecule has 1 aromatic heterocycles. The first kappa shape index (κ1) is 22.3. The molecule has 2 rings (SSSR count). The molecular weight excluding hydrogens is 428 g/mol. The first-order valence-corrected chi connectivity index (χ1v) is 11.0. The van der Waals surface area contributed by atoms with Crippen molar-refractivity contribution in [2.24, 2.45) is 0 Å². The van der Waals surface area contributed by atoms with Gasteiger partial charge in [-0.2, -0.15) is 0 Å². The highest BCUT2D eigenvalue weighted by Gasteiger charge is 2.24. The topological polar surface area (TPSA) is 55.9 Å². The Labute approximate surface area is 175 Å². The van der Waals surface area contributed by atoms with Crippen LogP contribution in [0.3, 0.4) is 0 Å². The number of rotatable bonds is 7. The van der Waals surface area contributed by atoms with Crippen molar-refractivity contribution in [2.75, 3.05) is 45.8 Å². The van der Waals surface area contributed by atoms with Crippen LogP contribution in [0.2, 0.25) is 0 Å². The number of piperazine rings is 1. The van der Waals surface area contributed by atoms with Crippen LogP contribution in [0, 0.1) is 0 Å². The zero-order chi connectivity index (χ0) is 20.0. The van der Waals surface area contributed by atoms with Gasteiger partial charge in [-0.3, -0.25) is 19.4 Å². The molecule has 8 heteroatoms. The number of thiophene rings is 1. The van der Waals surface area contributed by atoms with Crippen molar-refractivity contribution in [3.8, 4) is 0 Å². The lowest BCUT2D eigenvalue weighted by molar-refractivity contribution is -0.134. The molecule has 0 saturated carbocycles. The van der Waals surface area contributed by atoms with Crippen molar-refractivity contribution in [3.63, 3.8) is 0 Å². The van der Waals surface area contributed by atoms with E-state index in [2.05, 4.69) is 44.0 Å². The summed E-state index contributed by atoms with van der Waals surface area (Å²) in [6.07, 6.45) is 0. The number of nitrogens with zero attached hydrogens (tertiary/aromatic N) is 3. The Morgan fingerprint density at radius 3 is 2.41 bits per heavy atom. The van der Waals surface area contributed by atoms with Crippen LogP contribution < -0.4 is 5.32 Å². The largest absolute Gasteiger partial charge is 0.350 e. The fourth-order valence-corrected chi connectivity index (χ4v) is 4.57. The fraction of sp³-hybridized carbons (Fsp3) is 0.684. The van der Waals surface area contributed by atoms with Crippen LogP contribution in [-0.4, -0.2) is 77.9 Å². The van der Waals surface area contributed by atoms with Gasteiger partial charge >= 0.3 is 0 Å². The van der Waals surface area contributed by atoms with E-state index >= 15 is 0 Å².